The van der Waals surface area contributed by atoms with Crippen LogP contribution in [0.15, 0.2) is 95.2 Å². The monoisotopic (exact) mass is 467 g/mol. The molecule has 3 heterocycles. The second-order valence-corrected chi connectivity index (χ2v) is 7.84. The van der Waals surface area contributed by atoms with Crippen LogP contribution in [0.2, 0.25) is 0 Å². The van der Waals surface area contributed by atoms with E-state index in [2.05, 4.69) is 25.6 Å². The van der Waals surface area contributed by atoms with Gasteiger partial charge in [0.25, 0.3) is 5.91 Å². The van der Waals surface area contributed by atoms with Crippen molar-refractivity contribution in [1.29, 1.82) is 0 Å². The lowest BCUT2D eigenvalue weighted by atomic mass is 10.2. The van der Waals surface area contributed by atoms with Crippen molar-refractivity contribution in [3.63, 3.8) is 0 Å². The lowest BCUT2D eigenvalue weighted by Crippen LogP contribution is -2.13. The van der Waals surface area contributed by atoms with Crippen LogP contribution in [0.25, 0.3) is 0 Å². The summed E-state index contributed by atoms with van der Waals surface area (Å²) in [6.07, 6.45) is 0.894. The molecule has 0 fully saturated rings. The standard InChI is InChI=1S/C23H16F3N5OS/c24-23(25,26)16-6-7-20(29-13-16)31-21-12-15(8-11-28-21)22(32)30-18-14-27-10-9-19(18)33-17-4-2-1-3-5-17/h1-14H,(H,30,32)(H,28,29,31). The lowest BCUT2D eigenvalue weighted by Gasteiger charge is -2.11. The minimum Gasteiger partial charge on any atom is -0.325 e. The normalized spacial score (nSPS) is 11.1. The molecule has 0 radical (unpaired) electrons. The number of aromatic nitrogens is 3. The summed E-state index contributed by atoms with van der Waals surface area (Å²) in [5, 5.41) is 5.64. The van der Waals surface area contributed by atoms with Crippen molar-refractivity contribution in [1.82, 2.24) is 15.0 Å². The van der Waals surface area contributed by atoms with Crippen LogP contribution in [0.1, 0.15) is 15.9 Å². The average Bonchev–Trinajstić information content (AvgIpc) is 2.81. The first-order valence-electron chi connectivity index (χ1n) is 9.63. The molecule has 4 aromatic rings. The van der Waals surface area contributed by atoms with Gasteiger partial charge in [0, 0.05) is 33.9 Å². The lowest BCUT2D eigenvalue weighted by molar-refractivity contribution is -0.137. The molecule has 1 amide bonds. The number of nitrogens with zero attached hydrogens (tertiary/aromatic N) is 3. The third-order valence-corrected chi connectivity index (χ3v) is 5.45. The van der Waals surface area contributed by atoms with Crippen LogP contribution >= 0.6 is 11.8 Å². The van der Waals surface area contributed by atoms with Gasteiger partial charge in [0.2, 0.25) is 0 Å². The quantitative estimate of drug-likeness (QED) is 0.360. The van der Waals surface area contributed by atoms with Gasteiger partial charge in [0.05, 0.1) is 17.4 Å². The van der Waals surface area contributed by atoms with E-state index >= 15 is 0 Å². The van der Waals surface area contributed by atoms with Crippen LogP contribution in [0.3, 0.4) is 0 Å². The van der Waals surface area contributed by atoms with E-state index < -0.39 is 11.7 Å². The summed E-state index contributed by atoms with van der Waals surface area (Å²) >= 11 is 1.49. The predicted molar refractivity (Wildman–Crippen MR) is 120 cm³/mol. The second kappa shape index (κ2) is 9.70. The van der Waals surface area contributed by atoms with E-state index in [-0.39, 0.29) is 17.5 Å². The zero-order valence-electron chi connectivity index (χ0n) is 16.9. The highest BCUT2D eigenvalue weighted by Crippen LogP contribution is 2.33. The second-order valence-electron chi connectivity index (χ2n) is 6.73. The molecule has 6 nitrogen and oxygen atoms in total. The number of hydrogen-bond acceptors (Lipinski definition) is 6. The molecule has 0 atom stereocenters. The van der Waals surface area contributed by atoms with Gasteiger partial charge in [-0.2, -0.15) is 13.2 Å². The van der Waals surface area contributed by atoms with Crippen LogP contribution in [-0.2, 0) is 6.18 Å². The topological polar surface area (TPSA) is 79.8 Å². The number of anilines is 3. The molecule has 0 saturated carbocycles. The van der Waals surface area contributed by atoms with Crippen molar-refractivity contribution in [2.24, 2.45) is 0 Å². The number of alkyl halides is 3. The van der Waals surface area contributed by atoms with Crippen LogP contribution in [0.5, 0.6) is 0 Å². The number of carbonyl (C=O) groups is 1. The van der Waals surface area contributed by atoms with Crippen LogP contribution in [-0.4, -0.2) is 20.9 Å². The van der Waals surface area contributed by atoms with E-state index in [0.29, 0.717) is 11.3 Å². The Morgan fingerprint density at radius 2 is 1.70 bits per heavy atom. The van der Waals surface area contributed by atoms with Gasteiger partial charge >= 0.3 is 6.18 Å². The number of benzene rings is 1. The molecule has 0 aliphatic rings. The van der Waals surface area contributed by atoms with Gasteiger partial charge in [0.15, 0.2) is 0 Å². The third kappa shape index (κ3) is 5.86. The molecule has 166 valence electrons. The van der Waals surface area contributed by atoms with E-state index in [4.69, 9.17) is 0 Å². The van der Waals surface area contributed by atoms with Crippen molar-refractivity contribution in [3.05, 3.63) is 96.6 Å². The Morgan fingerprint density at radius 3 is 2.42 bits per heavy atom. The SMILES string of the molecule is O=C(Nc1cnccc1Sc1ccccc1)c1ccnc(Nc2ccc(C(F)(F)F)cn2)c1. The molecule has 0 unspecified atom stereocenters. The Labute approximate surface area is 191 Å². The summed E-state index contributed by atoms with van der Waals surface area (Å²) in [4.78, 5) is 26.6. The first-order chi connectivity index (χ1) is 15.9. The number of amides is 1. The molecule has 0 bridgehead atoms. The maximum atomic E-state index is 12.8. The van der Waals surface area contributed by atoms with Crippen LogP contribution in [0.4, 0.5) is 30.5 Å². The Kier molecular flexibility index (Phi) is 6.55. The number of halogens is 3. The van der Waals surface area contributed by atoms with Crippen molar-refractivity contribution in [3.8, 4) is 0 Å². The zero-order chi connectivity index (χ0) is 23.3. The van der Waals surface area contributed by atoms with Crippen molar-refractivity contribution < 1.29 is 18.0 Å². The molecule has 0 saturated heterocycles. The molecule has 0 spiro atoms. The molecular weight excluding hydrogens is 451 g/mol. The van der Waals surface area contributed by atoms with Crippen LogP contribution in [0, 0.1) is 0 Å². The molecular formula is C23H16F3N5OS. The Hall–Kier alpha value is -3.92. The highest BCUT2D eigenvalue weighted by Gasteiger charge is 2.30. The maximum Gasteiger partial charge on any atom is 0.417 e. The smallest absolute Gasteiger partial charge is 0.325 e. The fourth-order valence-electron chi connectivity index (χ4n) is 2.78. The zero-order valence-corrected chi connectivity index (χ0v) is 17.7. The molecule has 33 heavy (non-hydrogen) atoms. The maximum absolute atomic E-state index is 12.8. The molecule has 2 N–H and O–H groups in total. The number of pyridine rings is 3. The number of nitrogens with one attached hydrogen (secondary N) is 2. The Morgan fingerprint density at radius 1 is 0.879 bits per heavy atom. The predicted octanol–water partition coefficient (Wildman–Crippen LogP) is 6.04. The Bertz CT molecular complexity index is 1250. The first-order valence-corrected chi connectivity index (χ1v) is 10.4. The summed E-state index contributed by atoms with van der Waals surface area (Å²) < 4.78 is 38.1. The fraction of sp³-hybridized carbons (Fsp3) is 0.0435. The highest BCUT2D eigenvalue weighted by atomic mass is 32.2. The van der Waals surface area contributed by atoms with E-state index in [1.807, 2.05) is 36.4 Å². The van der Waals surface area contributed by atoms with Gasteiger partial charge in [-0.15, -0.1) is 0 Å². The van der Waals surface area contributed by atoms with Gasteiger partial charge < -0.3 is 10.6 Å². The summed E-state index contributed by atoms with van der Waals surface area (Å²) in [5.74, 6) is 0.0468. The summed E-state index contributed by atoms with van der Waals surface area (Å²) in [5.41, 5.74) is 0.000733. The van der Waals surface area contributed by atoms with E-state index in [1.54, 1.807) is 12.4 Å². The average molecular weight is 467 g/mol. The number of carbonyl (C=O) groups excluding carboxylic acids is 1. The molecule has 10 heteroatoms. The van der Waals surface area contributed by atoms with E-state index in [1.165, 1.54) is 36.2 Å². The Balaban J connectivity index is 1.47. The van der Waals surface area contributed by atoms with Gasteiger partial charge in [0.1, 0.15) is 11.6 Å². The summed E-state index contributed by atoms with van der Waals surface area (Å²) in [6, 6.07) is 16.6. The molecule has 0 aliphatic carbocycles. The molecule has 4 rings (SSSR count). The van der Waals surface area contributed by atoms with E-state index in [9.17, 15) is 18.0 Å². The molecule has 0 aliphatic heterocycles. The minimum atomic E-state index is -4.47. The van der Waals surface area contributed by atoms with Gasteiger partial charge in [-0.05, 0) is 42.5 Å². The van der Waals surface area contributed by atoms with Gasteiger partial charge in [-0.25, -0.2) is 9.97 Å². The van der Waals surface area contributed by atoms with Crippen molar-refractivity contribution in [2.75, 3.05) is 10.6 Å². The van der Waals surface area contributed by atoms with Gasteiger partial charge in [-0.3, -0.25) is 9.78 Å². The largest absolute Gasteiger partial charge is 0.417 e. The number of rotatable bonds is 6. The van der Waals surface area contributed by atoms with Crippen molar-refractivity contribution >= 4 is 35.0 Å². The number of hydrogen-bond donors (Lipinski definition) is 2. The van der Waals surface area contributed by atoms with E-state index in [0.717, 1.165) is 22.1 Å². The minimum absolute atomic E-state index is 0.168. The first kappa shape index (κ1) is 22.3. The van der Waals surface area contributed by atoms with Gasteiger partial charge in [-0.1, -0.05) is 30.0 Å². The highest BCUT2D eigenvalue weighted by molar-refractivity contribution is 7.99. The summed E-state index contributed by atoms with van der Waals surface area (Å²) in [6.45, 7) is 0. The third-order valence-electron chi connectivity index (χ3n) is 4.37. The van der Waals surface area contributed by atoms with Crippen LogP contribution < -0.4 is 10.6 Å². The summed E-state index contributed by atoms with van der Waals surface area (Å²) in [7, 11) is 0. The molecule has 1 aromatic carbocycles. The van der Waals surface area contributed by atoms with Crippen molar-refractivity contribution in [2.45, 2.75) is 16.0 Å². The fourth-order valence-corrected chi connectivity index (χ4v) is 3.67. The molecule has 3 aromatic heterocycles.